The number of nitrogens with one attached hydrogen (secondary N) is 1. The Kier molecular flexibility index (Phi) is 5.97. The second kappa shape index (κ2) is 7.29. The highest BCUT2D eigenvalue weighted by Gasteiger charge is 2.20. The monoisotopic (exact) mass is 305 g/mol. The Labute approximate surface area is 133 Å². The van der Waals surface area contributed by atoms with Crippen LogP contribution < -0.4 is 10.2 Å². The number of nitrogens with zero attached hydrogens (tertiary/aromatic N) is 2. The van der Waals surface area contributed by atoms with Crippen LogP contribution in [0, 0.1) is 0 Å². The maximum Gasteiger partial charge on any atom is 0.254 e. The summed E-state index contributed by atoms with van der Waals surface area (Å²) in [6, 6.07) is 7.39. The van der Waals surface area contributed by atoms with E-state index in [2.05, 4.69) is 5.32 Å². The van der Waals surface area contributed by atoms with Crippen LogP contribution in [0.15, 0.2) is 24.3 Å². The van der Waals surface area contributed by atoms with Crippen LogP contribution in [0.5, 0.6) is 0 Å². The molecule has 0 radical (unpaired) electrons. The van der Waals surface area contributed by atoms with Crippen molar-refractivity contribution in [2.75, 3.05) is 32.1 Å². The van der Waals surface area contributed by atoms with Gasteiger partial charge in [0.25, 0.3) is 5.91 Å². The van der Waals surface area contributed by atoms with E-state index in [1.807, 2.05) is 58.8 Å². The molecule has 0 spiro atoms. The van der Waals surface area contributed by atoms with Crippen LogP contribution in [0.25, 0.3) is 0 Å². The third-order valence-corrected chi connectivity index (χ3v) is 3.15. The van der Waals surface area contributed by atoms with E-state index in [9.17, 15) is 9.59 Å². The molecule has 122 valence electrons. The van der Waals surface area contributed by atoms with Crippen LogP contribution in [0.1, 0.15) is 38.1 Å². The third kappa shape index (κ3) is 5.39. The van der Waals surface area contributed by atoms with Gasteiger partial charge < -0.3 is 15.1 Å². The summed E-state index contributed by atoms with van der Waals surface area (Å²) >= 11 is 0. The zero-order valence-corrected chi connectivity index (χ0v) is 14.4. The van der Waals surface area contributed by atoms with E-state index in [0.29, 0.717) is 12.1 Å². The Hall–Kier alpha value is -2.04. The maximum atomic E-state index is 12.5. The molecule has 1 N–H and O–H groups in total. The molecular weight excluding hydrogens is 278 g/mol. The van der Waals surface area contributed by atoms with E-state index in [4.69, 9.17) is 0 Å². The van der Waals surface area contributed by atoms with E-state index in [1.54, 1.807) is 17.0 Å². The summed E-state index contributed by atoms with van der Waals surface area (Å²) in [6.07, 6.45) is 0. The second-order valence-electron chi connectivity index (χ2n) is 6.56. The first-order valence-electron chi connectivity index (χ1n) is 7.51. The van der Waals surface area contributed by atoms with Crippen LogP contribution in [-0.4, -0.2) is 49.4 Å². The predicted octanol–water partition coefficient (Wildman–Crippen LogP) is 2.13. The second-order valence-corrected chi connectivity index (χ2v) is 6.56. The van der Waals surface area contributed by atoms with E-state index in [-0.39, 0.29) is 23.9 Å². The number of carbonyl (C=O) groups is 2. The first-order valence-corrected chi connectivity index (χ1v) is 7.51. The lowest BCUT2D eigenvalue weighted by Crippen LogP contribution is -2.47. The smallest absolute Gasteiger partial charge is 0.254 e. The predicted molar refractivity (Wildman–Crippen MR) is 90.2 cm³/mol. The normalized spacial score (nSPS) is 11.0. The minimum Gasteiger partial charge on any atom is -0.378 e. The molecule has 0 unspecified atom stereocenters. The van der Waals surface area contributed by atoms with Crippen molar-refractivity contribution in [1.29, 1.82) is 0 Å². The Bertz CT molecular complexity index is 516. The molecule has 0 aliphatic carbocycles. The molecule has 22 heavy (non-hydrogen) atoms. The highest BCUT2D eigenvalue weighted by atomic mass is 16.2. The summed E-state index contributed by atoms with van der Waals surface area (Å²) in [6.45, 7) is 8.19. The third-order valence-electron chi connectivity index (χ3n) is 3.15. The van der Waals surface area contributed by atoms with Crippen LogP contribution in [0.4, 0.5) is 5.69 Å². The molecular formula is C17H27N3O2. The van der Waals surface area contributed by atoms with Crippen LogP contribution in [0.2, 0.25) is 0 Å². The number of benzene rings is 1. The molecule has 0 fully saturated rings. The first-order chi connectivity index (χ1) is 10.1. The summed E-state index contributed by atoms with van der Waals surface area (Å²) in [5.41, 5.74) is 1.33. The van der Waals surface area contributed by atoms with Crippen molar-refractivity contribution in [1.82, 2.24) is 10.2 Å². The van der Waals surface area contributed by atoms with E-state index >= 15 is 0 Å². The Balaban J connectivity index is 2.77. The van der Waals surface area contributed by atoms with Gasteiger partial charge in [-0.05, 0) is 52.0 Å². The average molecular weight is 305 g/mol. The Morgan fingerprint density at radius 2 is 1.64 bits per heavy atom. The highest BCUT2D eigenvalue weighted by molar-refractivity contribution is 5.96. The highest BCUT2D eigenvalue weighted by Crippen LogP contribution is 2.14. The summed E-state index contributed by atoms with van der Waals surface area (Å²) in [7, 11) is 3.90. The average Bonchev–Trinajstić information content (AvgIpc) is 2.42. The molecule has 0 aromatic heterocycles. The maximum absolute atomic E-state index is 12.5. The standard InChI is InChI=1S/C17H27N3O2/c1-7-20(12-15(21)18-17(2,3)4)16(22)13-8-10-14(11-9-13)19(5)6/h8-11H,7,12H2,1-6H3,(H,18,21). The van der Waals surface area contributed by atoms with Crippen molar-refractivity contribution >= 4 is 17.5 Å². The van der Waals surface area contributed by atoms with Gasteiger partial charge in [-0.15, -0.1) is 0 Å². The fourth-order valence-corrected chi connectivity index (χ4v) is 2.04. The summed E-state index contributed by atoms with van der Waals surface area (Å²) in [5, 5.41) is 2.87. The summed E-state index contributed by atoms with van der Waals surface area (Å²) in [5.74, 6) is -0.274. The van der Waals surface area contributed by atoms with Crippen molar-refractivity contribution < 1.29 is 9.59 Å². The molecule has 5 heteroatoms. The van der Waals surface area contributed by atoms with Crippen molar-refractivity contribution in [3.63, 3.8) is 0 Å². The van der Waals surface area contributed by atoms with Gasteiger partial charge in [-0.3, -0.25) is 9.59 Å². The lowest BCUT2D eigenvalue weighted by Gasteiger charge is -2.25. The van der Waals surface area contributed by atoms with E-state index in [0.717, 1.165) is 5.69 Å². The fraction of sp³-hybridized carbons (Fsp3) is 0.529. The molecule has 0 saturated heterocycles. The van der Waals surface area contributed by atoms with Gasteiger partial charge in [-0.2, -0.15) is 0 Å². The Morgan fingerprint density at radius 3 is 2.05 bits per heavy atom. The number of likely N-dealkylation sites (N-methyl/N-ethyl adjacent to an activating group) is 1. The molecule has 0 atom stereocenters. The van der Waals surface area contributed by atoms with Crippen molar-refractivity contribution in [2.24, 2.45) is 0 Å². The summed E-state index contributed by atoms with van der Waals surface area (Å²) in [4.78, 5) is 28.0. The van der Waals surface area contributed by atoms with Gasteiger partial charge in [0.2, 0.25) is 5.91 Å². The van der Waals surface area contributed by atoms with E-state index < -0.39 is 0 Å². The number of hydrogen-bond acceptors (Lipinski definition) is 3. The van der Waals surface area contributed by atoms with Gasteiger partial charge in [0.05, 0.1) is 6.54 Å². The first kappa shape index (κ1) is 18.0. The largest absolute Gasteiger partial charge is 0.378 e. The molecule has 0 saturated carbocycles. The fourth-order valence-electron chi connectivity index (χ4n) is 2.04. The molecule has 1 aromatic carbocycles. The van der Waals surface area contributed by atoms with Crippen LogP contribution >= 0.6 is 0 Å². The number of hydrogen-bond donors (Lipinski definition) is 1. The van der Waals surface area contributed by atoms with Crippen LogP contribution in [0.3, 0.4) is 0 Å². The van der Waals surface area contributed by atoms with Crippen molar-refractivity contribution in [3.8, 4) is 0 Å². The van der Waals surface area contributed by atoms with Gasteiger partial charge >= 0.3 is 0 Å². The quantitative estimate of drug-likeness (QED) is 0.906. The van der Waals surface area contributed by atoms with Gasteiger partial charge in [-0.1, -0.05) is 0 Å². The molecule has 2 amide bonds. The molecule has 1 rings (SSSR count). The van der Waals surface area contributed by atoms with Gasteiger partial charge in [0.15, 0.2) is 0 Å². The molecule has 0 heterocycles. The van der Waals surface area contributed by atoms with Gasteiger partial charge in [-0.25, -0.2) is 0 Å². The van der Waals surface area contributed by atoms with Crippen molar-refractivity contribution in [2.45, 2.75) is 33.2 Å². The number of amides is 2. The zero-order chi connectivity index (χ0) is 16.9. The van der Waals surface area contributed by atoms with Gasteiger partial charge in [0, 0.05) is 37.4 Å². The lowest BCUT2D eigenvalue weighted by molar-refractivity contribution is -0.123. The Morgan fingerprint density at radius 1 is 1.09 bits per heavy atom. The summed E-state index contributed by atoms with van der Waals surface area (Å²) < 4.78 is 0. The number of carbonyl (C=O) groups excluding carboxylic acids is 2. The topological polar surface area (TPSA) is 52.7 Å². The number of anilines is 1. The van der Waals surface area contributed by atoms with Crippen molar-refractivity contribution in [3.05, 3.63) is 29.8 Å². The molecule has 0 aliphatic rings. The molecule has 0 aliphatic heterocycles. The molecule has 5 nitrogen and oxygen atoms in total. The molecule has 1 aromatic rings. The lowest BCUT2D eigenvalue weighted by atomic mass is 10.1. The van der Waals surface area contributed by atoms with Gasteiger partial charge in [0.1, 0.15) is 0 Å². The SMILES string of the molecule is CCN(CC(=O)NC(C)(C)C)C(=O)c1ccc(N(C)C)cc1. The molecule has 0 bridgehead atoms. The van der Waals surface area contributed by atoms with Crippen LogP contribution in [-0.2, 0) is 4.79 Å². The number of rotatable bonds is 5. The van der Waals surface area contributed by atoms with E-state index in [1.165, 1.54) is 0 Å². The zero-order valence-electron chi connectivity index (χ0n) is 14.4. The minimum atomic E-state index is -0.299. The minimum absolute atomic E-state index is 0.0715.